The highest BCUT2D eigenvalue weighted by molar-refractivity contribution is 7.90. The van der Waals surface area contributed by atoms with E-state index >= 15 is 0 Å². The van der Waals surface area contributed by atoms with Gasteiger partial charge in [0.1, 0.15) is 9.90 Å². The first-order valence-electron chi connectivity index (χ1n) is 9.31. The maximum absolute atomic E-state index is 12.7. The lowest BCUT2D eigenvalue weighted by atomic mass is 10.1. The smallest absolute Gasteiger partial charge is 0.269 e. The van der Waals surface area contributed by atoms with Crippen LogP contribution in [-0.2, 0) is 16.6 Å². The van der Waals surface area contributed by atoms with E-state index < -0.39 is 21.8 Å². The average Bonchev–Trinajstić information content (AvgIpc) is 3.42. The molecule has 30 heavy (non-hydrogen) atoms. The summed E-state index contributed by atoms with van der Waals surface area (Å²) in [5, 5.41) is 5.38. The van der Waals surface area contributed by atoms with Gasteiger partial charge in [0.05, 0.1) is 17.8 Å². The summed E-state index contributed by atoms with van der Waals surface area (Å²) in [6.07, 6.45) is 4.74. The minimum atomic E-state index is -3.89. The summed E-state index contributed by atoms with van der Waals surface area (Å²) in [5.41, 5.74) is 2.05. The van der Waals surface area contributed by atoms with Gasteiger partial charge in [-0.15, -0.1) is 11.3 Å². The molecule has 1 aromatic carbocycles. The van der Waals surface area contributed by atoms with Crippen LogP contribution >= 0.6 is 11.3 Å². The number of pyridine rings is 1. The van der Waals surface area contributed by atoms with Crippen molar-refractivity contribution in [3.05, 3.63) is 64.2 Å². The first-order valence-corrected chi connectivity index (χ1v) is 11.6. The van der Waals surface area contributed by atoms with Crippen LogP contribution in [0, 0.1) is 0 Å². The molecule has 1 N–H and O–H groups in total. The van der Waals surface area contributed by atoms with Crippen LogP contribution in [0.25, 0.3) is 11.3 Å². The fourth-order valence-corrected chi connectivity index (χ4v) is 5.95. The van der Waals surface area contributed by atoms with Crippen molar-refractivity contribution in [3.8, 4) is 11.3 Å². The van der Waals surface area contributed by atoms with Crippen LogP contribution in [0.1, 0.15) is 38.6 Å². The summed E-state index contributed by atoms with van der Waals surface area (Å²) in [5.74, 6) is -0.933. The Bertz CT molecular complexity index is 1270. The third-order valence-corrected chi connectivity index (χ3v) is 7.74. The van der Waals surface area contributed by atoms with Crippen LogP contribution in [0.5, 0.6) is 0 Å². The highest BCUT2D eigenvalue weighted by Crippen LogP contribution is 2.39. The molecule has 10 heteroatoms. The first-order chi connectivity index (χ1) is 14.4. The molecule has 0 spiro atoms. The SMILES string of the molecule is O=C(NCc1nc(-c2ccncc2)cs1)c1ccc2c(c1)S(=O)(=O)N(C1CC1)C2=O. The van der Waals surface area contributed by atoms with Crippen LogP contribution in [0.15, 0.2) is 53.0 Å². The largest absolute Gasteiger partial charge is 0.346 e. The molecule has 0 unspecified atom stereocenters. The molecular formula is C20H16N4O4S2. The van der Waals surface area contributed by atoms with Gasteiger partial charge in [-0.05, 0) is 43.2 Å². The monoisotopic (exact) mass is 440 g/mol. The standard InChI is InChI=1S/C20H16N4O4S2/c25-19(22-10-18-23-16(11-29-18)12-5-7-21-8-6-12)13-1-4-15-17(9-13)30(27,28)24(20(15)26)14-2-3-14/h1,4-9,11,14H,2-3,10H2,(H,22,25). The maximum atomic E-state index is 12.7. The lowest BCUT2D eigenvalue weighted by Gasteiger charge is -2.13. The molecule has 0 bridgehead atoms. The molecule has 0 saturated heterocycles. The van der Waals surface area contributed by atoms with Crippen LogP contribution in [0.2, 0.25) is 0 Å². The number of aromatic nitrogens is 2. The number of hydrogen-bond donors (Lipinski definition) is 1. The zero-order valence-corrected chi connectivity index (χ0v) is 17.2. The molecule has 1 aliphatic carbocycles. The molecule has 2 aliphatic rings. The van der Waals surface area contributed by atoms with Crippen molar-refractivity contribution in [1.82, 2.24) is 19.6 Å². The summed E-state index contributed by atoms with van der Waals surface area (Å²) in [4.78, 5) is 33.4. The van der Waals surface area contributed by atoms with Gasteiger partial charge in [0, 0.05) is 34.9 Å². The van der Waals surface area contributed by atoms with E-state index in [1.807, 2.05) is 17.5 Å². The van der Waals surface area contributed by atoms with E-state index in [1.54, 1.807) is 12.4 Å². The van der Waals surface area contributed by atoms with Gasteiger partial charge >= 0.3 is 0 Å². The van der Waals surface area contributed by atoms with Crippen LogP contribution < -0.4 is 5.32 Å². The number of hydrogen-bond acceptors (Lipinski definition) is 7. The van der Waals surface area contributed by atoms with Gasteiger partial charge in [0.15, 0.2) is 0 Å². The van der Waals surface area contributed by atoms with Crippen LogP contribution in [0.4, 0.5) is 0 Å². The Kier molecular flexibility index (Phi) is 4.40. The third-order valence-electron chi connectivity index (χ3n) is 5.02. The second-order valence-corrected chi connectivity index (χ2v) is 9.82. The topological polar surface area (TPSA) is 109 Å². The molecule has 2 aromatic heterocycles. The Hall–Kier alpha value is -3.11. The summed E-state index contributed by atoms with van der Waals surface area (Å²) in [6.45, 7) is 0.214. The van der Waals surface area contributed by atoms with Crippen molar-refractivity contribution in [2.45, 2.75) is 30.3 Å². The first kappa shape index (κ1) is 18.9. The summed E-state index contributed by atoms with van der Waals surface area (Å²) in [6, 6.07) is 7.62. The van der Waals surface area contributed by atoms with Gasteiger partial charge in [0.25, 0.3) is 21.8 Å². The number of nitrogens with zero attached hydrogens (tertiary/aromatic N) is 3. The summed E-state index contributed by atoms with van der Waals surface area (Å²) >= 11 is 1.42. The number of sulfonamides is 1. The van der Waals surface area contributed by atoms with Crippen LogP contribution in [0.3, 0.4) is 0 Å². The van der Waals surface area contributed by atoms with Crippen molar-refractivity contribution in [2.24, 2.45) is 0 Å². The number of carbonyl (C=O) groups is 2. The summed E-state index contributed by atoms with van der Waals surface area (Å²) in [7, 11) is -3.89. The second-order valence-electron chi connectivity index (χ2n) is 7.09. The Morgan fingerprint density at radius 2 is 1.97 bits per heavy atom. The van der Waals surface area contributed by atoms with Gasteiger partial charge in [-0.25, -0.2) is 17.7 Å². The van der Waals surface area contributed by atoms with Gasteiger partial charge in [-0.3, -0.25) is 14.6 Å². The Morgan fingerprint density at radius 3 is 2.70 bits per heavy atom. The molecule has 3 aromatic rings. The van der Waals surface area contributed by atoms with E-state index in [-0.39, 0.29) is 28.6 Å². The molecule has 152 valence electrons. The predicted octanol–water partition coefficient (Wildman–Crippen LogP) is 2.44. The fourth-order valence-electron chi connectivity index (χ4n) is 3.36. The van der Waals surface area contributed by atoms with E-state index in [0.717, 1.165) is 20.6 Å². The van der Waals surface area contributed by atoms with Crippen molar-refractivity contribution in [3.63, 3.8) is 0 Å². The zero-order valence-electron chi connectivity index (χ0n) is 15.6. The third kappa shape index (κ3) is 3.17. The van der Waals surface area contributed by atoms with Crippen molar-refractivity contribution < 1.29 is 18.0 Å². The van der Waals surface area contributed by atoms with Crippen molar-refractivity contribution >= 4 is 33.2 Å². The van der Waals surface area contributed by atoms with Gasteiger partial charge in [-0.2, -0.15) is 0 Å². The minimum Gasteiger partial charge on any atom is -0.346 e. The molecule has 8 nitrogen and oxygen atoms in total. The Morgan fingerprint density at radius 1 is 1.20 bits per heavy atom. The van der Waals surface area contributed by atoms with Crippen molar-refractivity contribution in [2.75, 3.05) is 0 Å². The molecule has 1 fully saturated rings. The fraction of sp³-hybridized carbons (Fsp3) is 0.200. The number of fused-ring (bicyclic) bond motifs is 1. The number of nitrogens with one attached hydrogen (secondary N) is 1. The number of benzene rings is 1. The quantitative estimate of drug-likeness (QED) is 0.653. The summed E-state index contributed by atoms with van der Waals surface area (Å²) < 4.78 is 26.4. The highest BCUT2D eigenvalue weighted by atomic mass is 32.2. The van der Waals surface area contributed by atoms with E-state index in [0.29, 0.717) is 12.8 Å². The number of rotatable bonds is 5. The van der Waals surface area contributed by atoms with E-state index in [4.69, 9.17) is 0 Å². The molecule has 3 heterocycles. The van der Waals surface area contributed by atoms with Gasteiger partial charge < -0.3 is 5.32 Å². The average molecular weight is 441 g/mol. The van der Waals surface area contributed by atoms with Gasteiger partial charge in [-0.1, -0.05) is 0 Å². The molecule has 1 saturated carbocycles. The molecule has 1 aliphatic heterocycles. The Balaban J connectivity index is 1.32. The number of carbonyl (C=O) groups excluding carboxylic acids is 2. The molecular weight excluding hydrogens is 424 g/mol. The molecule has 0 radical (unpaired) electrons. The maximum Gasteiger partial charge on any atom is 0.269 e. The van der Waals surface area contributed by atoms with Crippen molar-refractivity contribution in [1.29, 1.82) is 0 Å². The predicted molar refractivity (Wildman–Crippen MR) is 109 cm³/mol. The van der Waals surface area contributed by atoms with E-state index in [1.165, 1.54) is 29.5 Å². The lowest BCUT2D eigenvalue weighted by molar-refractivity contribution is 0.0863. The van der Waals surface area contributed by atoms with E-state index in [9.17, 15) is 18.0 Å². The van der Waals surface area contributed by atoms with E-state index in [2.05, 4.69) is 15.3 Å². The number of thiazole rings is 1. The Labute approximate surface area is 176 Å². The van der Waals surface area contributed by atoms with Crippen LogP contribution in [-0.4, -0.2) is 40.5 Å². The second kappa shape index (κ2) is 6.99. The normalized spacial score (nSPS) is 17.1. The molecule has 0 atom stereocenters. The molecule has 2 amide bonds. The number of amides is 2. The van der Waals surface area contributed by atoms with Gasteiger partial charge in [0.2, 0.25) is 0 Å². The lowest BCUT2D eigenvalue weighted by Crippen LogP contribution is -2.32. The minimum absolute atomic E-state index is 0.0960. The molecule has 5 rings (SSSR count). The highest BCUT2D eigenvalue weighted by Gasteiger charge is 2.48. The zero-order chi connectivity index (χ0) is 20.9.